The molecule has 1 aliphatic carbocycles. The van der Waals surface area contributed by atoms with E-state index >= 15 is 0 Å². The van der Waals surface area contributed by atoms with E-state index in [2.05, 4.69) is 0 Å². The summed E-state index contributed by atoms with van der Waals surface area (Å²) in [6.07, 6.45) is 1.14. The van der Waals surface area contributed by atoms with Gasteiger partial charge in [0.1, 0.15) is 11.4 Å². The van der Waals surface area contributed by atoms with Crippen molar-refractivity contribution in [2.24, 2.45) is 0 Å². The Morgan fingerprint density at radius 3 is 2.87 bits per heavy atom. The molecule has 2 rings (SSSR count). The molecule has 1 unspecified atom stereocenters. The van der Waals surface area contributed by atoms with Crippen molar-refractivity contribution in [1.82, 2.24) is 0 Å². The highest BCUT2D eigenvalue weighted by atomic mass is 16.5. The quantitative estimate of drug-likeness (QED) is 0.758. The lowest BCUT2D eigenvalue weighted by Crippen LogP contribution is -2.39. The van der Waals surface area contributed by atoms with Crippen LogP contribution >= 0.6 is 0 Å². The van der Waals surface area contributed by atoms with Crippen LogP contribution in [0.3, 0.4) is 0 Å². The molecule has 0 spiro atoms. The Labute approximate surface area is 88.7 Å². The van der Waals surface area contributed by atoms with Crippen molar-refractivity contribution in [3.05, 3.63) is 29.3 Å². The first kappa shape index (κ1) is 10.2. The second-order valence-electron chi connectivity index (χ2n) is 4.09. The number of benzene rings is 1. The molecule has 3 heteroatoms. The molecule has 1 aliphatic rings. The van der Waals surface area contributed by atoms with Gasteiger partial charge in [0.2, 0.25) is 0 Å². The molecule has 0 bridgehead atoms. The van der Waals surface area contributed by atoms with Crippen LogP contribution in [0.25, 0.3) is 0 Å². The number of rotatable bonds is 1. The fraction of sp³-hybridized carbons (Fsp3) is 0.417. The predicted molar refractivity (Wildman–Crippen MR) is 56.3 cm³/mol. The lowest BCUT2D eigenvalue weighted by Gasteiger charge is -2.29. The summed E-state index contributed by atoms with van der Waals surface area (Å²) >= 11 is 0. The number of ether oxygens (including phenoxy) is 1. The molecule has 0 aliphatic heterocycles. The number of Topliss-reactive ketones (excluding diaryl/α,β-unsaturated/α-hetero) is 1. The summed E-state index contributed by atoms with van der Waals surface area (Å²) in [6.45, 7) is 1.57. The van der Waals surface area contributed by atoms with Gasteiger partial charge in [-0.05, 0) is 25.8 Å². The third kappa shape index (κ3) is 1.53. The van der Waals surface area contributed by atoms with E-state index in [-0.39, 0.29) is 5.78 Å². The fourth-order valence-corrected chi connectivity index (χ4v) is 2.00. The van der Waals surface area contributed by atoms with E-state index in [1.165, 1.54) is 0 Å². The summed E-state index contributed by atoms with van der Waals surface area (Å²) in [5, 5.41) is 9.86. The first-order chi connectivity index (χ1) is 7.06. The summed E-state index contributed by atoms with van der Waals surface area (Å²) in [7, 11) is 1.59. The molecule has 0 aromatic heterocycles. The van der Waals surface area contributed by atoms with Crippen molar-refractivity contribution in [2.75, 3.05) is 7.11 Å². The van der Waals surface area contributed by atoms with Crippen LogP contribution in [0.5, 0.6) is 5.75 Å². The minimum absolute atomic E-state index is 0.206. The highest BCUT2D eigenvalue weighted by Crippen LogP contribution is 2.33. The Morgan fingerprint density at radius 1 is 1.47 bits per heavy atom. The molecule has 0 fully saturated rings. The average Bonchev–Trinajstić information content (AvgIpc) is 2.23. The van der Waals surface area contributed by atoms with Crippen LogP contribution in [0.1, 0.15) is 29.3 Å². The molecule has 1 aromatic rings. The molecule has 1 N–H and O–H groups in total. The maximum atomic E-state index is 11.9. The van der Waals surface area contributed by atoms with Crippen molar-refractivity contribution in [3.63, 3.8) is 0 Å². The molecule has 1 aromatic carbocycles. The monoisotopic (exact) mass is 206 g/mol. The fourth-order valence-electron chi connectivity index (χ4n) is 2.00. The number of carbonyl (C=O) groups excluding carboxylic acids is 1. The maximum Gasteiger partial charge on any atom is 0.194 e. The SMILES string of the molecule is COc1cccc2c1CCC(C)(O)C2=O. The van der Waals surface area contributed by atoms with E-state index in [0.717, 1.165) is 11.3 Å². The molecule has 3 nitrogen and oxygen atoms in total. The first-order valence-electron chi connectivity index (χ1n) is 4.99. The topological polar surface area (TPSA) is 46.5 Å². The van der Waals surface area contributed by atoms with Crippen LogP contribution < -0.4 is 4.74 Å². The second-order valence-corrected chi connectivity index (χ2v) is 4.09. The number of aliphatic hydroxyl groups is 1. The molecule has 15 heavy (non-hydrogen) atoms. The number of carbonyl (C=O) groups is 1. The third-order valence-corrected chi connectivity index (χ3v) is 2.95. The molecular weight excluding hydrogens is 192 g/mol. The van der Waals surface area contributed by atoms with Gasteiger partial charge in [-0.25, -0.2) is 0 Å². The predicted octanol–water partition coefficient (Wildman–Crippen LogP) is 1.58. The van der Waals surface area contributed by atoms with Gasteiger partial charge in [-0.1, -0.05) is 12.1 Å². The van der Waals surface area contributed by atoms with E-state index in [1.54, 1.807) is 26.2 Å². The summed E-state index contributed by atoms with van der Waals surface area (Å²) in [6, 6.07) is 5.36. The van der Waals surface area contributed by atoms with Gasteiger partial charge in [0.15, 0.2) is 5.78 Å². The van der Waals surface area contributed by atoms with Crippen molar-refractivity contribution < 1.29 is 14.6 Å². The smallest absolute Gasteiger partial charge is 0.194 e. The summed E-state index contributed by atoms with van der Waals surface area (Å²) in [5.74, 6) is 0.527. The molecular formula is C12H14O3. The Morgan fingerprint density at radius 2 is 2.20 bits per heavy atom. The van der Waals surface area contributed by atoms with Crippen LogP contribution in [-0.2, 0) is 6.42 Å². The highest BCUT2D eigenvalue weighted by molar-refractivity contribution is 6.04. The third-order valence-electron chi connectivity index (χ3n) is 2.95. The Bertz CT molecular complexity index is 407. The van der Waals surface area contributed by atoms with Crippen LogP contribution in [0.2, 0.25) is 0 Å². The number of hydrogen-bond acceptors (Lipinski definition) is 3. The van der Waals surface area contributed by atoms with Gasteiger partial charge < -0.3 is 9.84 Å². The largest absolute Gasteiger partial charge is 0.496 e. The minimum Gasteiger partial charge on any atom is -0.496 e. The number of ketones is 1. The molecule has 80 valence electrons. The van der Waals surface area contributed by atoms with Crippen molar-refractivity contribution in [2.45, 2.75) is 25.4 Å². The molecule has 0 radical (unpaired) electrons. The standard InChI is InChI=1S/C12H14O3/c1-12(14)7-6-8-9(11(12)13)4-3-5-10(8)15-2/h3-5,14H,6-7H2,1-2H3. The molecule has 1 atom stereocenters. The minimum atomic E-state index is -1.22. The van der Waals surface area contributed by atoms with Crippen LogP contribution in [0.4, 0.5) is 0 Å². The lowest BCUT2D eigenvalue weighted by molar-refractivity contribution is 0.0339. The van der Waals surface area contributed by atoms with Crippen LogP contribution in [0, 0.1) is 0 Å². The van der Waals surface area contributed by atoms with Gasteiger partial charge in [0.25, 0.3) is 0 Å². The van der Waals surface area contributed by atoms with E-state index in [4.69, 9.17) is 4.74 Å². The van der Waals surface area contributed by atoms with E-state index in [0.29, 0.717) is 18.4 Å². The van der Waals surface area contributed by atoms with Crippen LogP contribution in [-0.4, -0.2) is 23.6 Å². The summed E-state index contributed by atoms with van der Waals surface area (Å²) in [5.41, 5.74) is 0.279. The second kappa shape index (κ2) is 3.35. The number of fused-ring (bicyclic) bond motifs is 1. The summed E-state index contributed by atoms with van der Waals surface area (Å²) in [4.78, 5) is 11.9. The molecule has 0 amide bonds. The van der Waals surface area contributed by atoms with Crippen molar-refractivity contribution >= 4 is 5.78 Å². The van der Waals surface area contributed by atoms with Gasteiger partial charge in [-0.15, -0.1) is 0 Å². The van der Waals surface area contributed by atoms with Gasteiger partial charge in [-0.3, -0.25) is 4.79 Å². The lowest BCUT2D eigenvalue weighted by atomic mass is 9.80. The Hall–Kier alpha value is -1.35. The normalized spacial score (nSPS) is 24.9. The zero-order valence-electron chi connectivity index (χ0n) is 8.91. The van der Waals surface area contributed by atoms with Crippen molar-refractivity contribution in [3.8, 4) is 5.75 Å². The number of methoxy groups -OCH3 is 1. The highest BCUT2D eigenvalue weighted by Gasteiger charge is 2.37. The Balaban J connectivity index is 2.55. The van der Waals surface area contributed by atoms with Gasteiger partial charge in [0, 0.05) is 11.1 Å². The molecule has 0 heterocycles. The molecule has 0 saturated heterocycles. The van der Waals surface area contributed by atoms with Gasteiger partial charge in [-0.2, -0.15) is 0 Å². The summed E-state index contributed by atoms with van der Waals surface area (Å²) < 4.78 is 5.20. The van der Waals surface area contributed by atoms with E-state index < -0.39 is 5.60 Å². The first-order valence-corrected chi connectivity index (χ1v) is 4.99. The zero-order chi connectivity index (χ0) is 11.1. The van der Waals surface area contributed by atoms with E-state index in [1.807, 2.05) is 6.07 Å². The average molecular weight is 206 g/mol. The van der Waals surface area contributed by atoms with Gasteiger partial charge in [0.05, 0.1) is 7.11 Å². The van der Waals surface area contributed by atoms with Crippen molar-refractivity contribution in [1.29, 1.82) is 0 Å². The molecule has 0 saturated carbocycles. The van der Waals surface area contributed by atoms with Crippen LogP contribution in [0.15, 0.2) is 18.2 Å². The Kier molecular flexibility index (Phi) is 2.27. The zero-order valence-corrected chi connectivity index (χ0v) is 8.91. The maximum absolute atomic E-state index is 11.9. The van der Waals surface area contributed by atoms with Gasteiger partial charge >= 0.3 is 0 Å². The van der Waals surface area contributed by atoms with E-state index in [9.17, 15) is 9.90 Å². The number of hydrogen-bond donors (Lipinski definition) is 1.